The highest BCUT2D eigenvalue weighted by molar-refractivity contribution is 5.36. The fourth-order valence-electron chi connectivity index (χ4n) is 2.10. The van der Waals surface area contributed by atoms with Crippen LogP contribution < -0.4 is 4.74 Å². The van der Waals surface area contributed by atoms with Gasteiger partial charge in [-0.3, -0.25) is 0 Å². The van der Waals surface area contributed by atoms with Crippen molar-refractivity contribution in [1.82, 2.24) is 4.90 Å². The molecular weight excluding hydrogens is 226 g/mol. The van der Waals surface area contributed by atoms with Gasteiger partial charge >= 0.3 is 0 Å². The first-order valence-corrected chi connectivity index (χ1v) is 6.60. The summed E-state index contributed by atoms with van der Waals surface area (Å²) in [5.74, 6) is 0.948. The zero-order valence-corrected chi connectivity index (χ0v) is 11.8. The molecule has 0 saturated carbocycles. The number of aryl methyl sites for hydroxylation is 1. The van der Waals surface area contributed by atoms with Crippen molar-refractivity contribution in [2.24, 2.45) is 0 Å². The van der Waals surface area contributed by atoms with Crippen LogP contribution in [0.5, 0.6) is 5.75 Å². The van der Waals surface area contributed by atoms with E-state index in [4.69, 9.17) is 9.84 Å². The molecule has 0 amide bonds. The van der Waals surface area contributed by atoms with Gasteiger partial charge in [0.2, 0.25) is 0 Å². The second kappa shape index (κ2) is 8.11. The Hall–Kier alpha value is -1.06. The maximum absolute atomic E-state index is 8.72. The molecule has 0 aliphatic heterocycles. The van der Waals surface area contributed by atoms with Gasteiger partial charge in [0.15, 0.2) is 0 Å². The Kier molecular flexibility index (Phi) is 6.76. The molecule has 1 rings (SSSR count). The van der Waals surface area contributed by atoms with Gasteiger partial charge in [-0.1, -0.05) is 12.1 Å². The summed E-state index contributed by atoms with van der Waals surface area (Å²) >= 11 is 0. The average Bonchev–Trinajstić information content (AvgIpc) is 2.35. The van der Waals surface area contributed by atoms with E-state index in [2.05, 4.69) is 31.0 Å². The minimum absolute atomic E-state index is 0.307. The number of hydrogen-bond donors (Lipinski definition) is 1. The van der Waals surface area contributed by atoms with Crippen molar-refractivity contribution in [1.29, 1.82) is 0 Å². The molecule has 0 heterocycles. The Balaban J connectivity index is 2.39. The number of ether oxygens (including phenoxy) is 1. The molecule has 0 aliphatic rings. The Labute approximate surface area is 110 Å². The molecule has 0 aromatic heterocycles. The number of hydrogen-bond acceptors (Lipinski definition) is 3. The van der Waals surface area contributed by atoms with Crippen molar-refractivity contribution in [3.63, 3.8) is 0 Å². The van der Waals surface area contributed by atoms with Crippen molar-refractivity contribution < 1.29 is 9.84 Å². The van der Waals surface area contributed by atoms with Gasteiger partial charge in [0.25, 0.3) is 0 Å². The van der Waals surface area contributed by atoms with Crippen LogP contribution >= 0.6 is 0 Å². The van der Waals surface area contributed by atoms with E-state index >= 15 is 0 Å². The van der Waals surface area contributed by atoms with Gasteiger partial charge in [-0.15, -0.1) is 0 Å². The smallest absolute Gasteiger partial charge is 0.121 e. The average molecular weight is 251 g/mol. The number of aliphatic hydroxyl groups excluding tert-OH is 1. The van der Waals surface area contributed by atoms with Crippen LogP contribution in [0.2, 0.25) is 0 Å². The highest BCUT2D eigenvalue weighted by atomic mass is 16.5. The molecule has 102 valence electrons. The van der Waals surface area contributed by atoms with Crippen molar-refractivity contribution in [2.75, 3.05) is 27.3 Å². The monoisotopic (exact) mass is 251 g/mol. The molecule has 0 aliphatic carbocycles. The molecule has 0 radical (unpaired) electrons. The van der Waals surface area contributed by atoms with E-state index in [1.54, 1.807) is 7.11 Å². The lowest BCUT2D eigenvalue weighted by Gasteiger charge is -2.17. The summed E-state index contributed by atoms with van der Waals surface area (Å²) in [6.45, 7) is 4.42. The predicted octanol–water partition coefficient (Wildman–Crippen LogP) is 2.60. The second-order valence-corrected chi connectivity index (χ2v) is 4.83. The van der Waals surface area contributed by atoms with Crippen molar-refractivity contribution in [3.8, 4) is 5.75 Å². The van der Waals surface area contributed by atoms with Crippen LogP contribution in [-0.2, 0) is 6.54 Å². The second-order valence-electron chi connectivity index (χ2n) is 4.83. The largest absolute Gasteiger partial charge is 0.496 e. The summed E-state index contributed by atoms with van der Waals surface area (Å²) < 4.78 is 5.26. The van der Waals surface area contributed by atoms with Crippen LogP contribution in [0.25, 0.3) is 0 Å². The topological polar surface area (TPSA) is 32.7 Å². The lowest BCUT2D eigenvalue weighted by molar-refractivity contribution is 0.271. The summed E-state index contributed by atoms with van der Waals surface area (Å²) in [4.78, 5) is 2.32. The van der Waals surface area contributed by atoms with E-state index in [0.29, 0.717) is 6.61 Å². The van der Waals surface area contributed by atoms with Crippen LogP contribution in [0, 0.1) is 6.92 Å². The maximum Gasteiger partial charge on any atom is 0.121 e. The van der Waals surface area contributed by atoms with E-state index < -0.39 is 0 Å². The normalized spacial score (nSPS) is 10.9. The van der Waals surface area contributed by atoms with Crippen LogP contribution in [0.15, 0.2) is 18.2 Å². The van der Waals surface area contributed by atoms with E-state index in [1.807, 2.05) is 6.07 Å². The molecule has 0 bridgehead atoms. The van der Waals surface area contributed by atoms with Gasteiger partial charge in [-0.05, 0) is 57.0 Å². The highest BCUT2D eigenvalue weighted by Gasteiger charge is 2.03. The van der Waals surface area contributed by atoms with Crippen LogP contribution in [0.4, 0.5) is 0 Å². The fraction of sp³-hybridized carbons (Fsp3) is 0.600. The van der Waals surface area contributed by atoms with Crippen LogP contribution in [-0.4, -0.2) is 37.3 Å². The Morgan fingerprint density at radius 2 is 2.00 bits per heavy atom. The molecule has 0 unspecified atom stereocenters. The quantitative estimate of drug-likeness (QED) is 0.721. The van der Waals surface area contributed by atoms with Crippen molar-refractivity contribution >= 4 is 0 Å². The molecule has 1 N–H and O–H groups in total. The molecule has 0 fully saturated rings. The summed E-state index contributed by atoms with van der Waals surface area (Å²) in [6.07, 6.45) is 3.16. The van der Waals surface area contributed by atoms with Crippen LogP contribution in [0.3, 0.4) is 0 Å². The molecule has 0 spiro atoms. The molecule has 0 saturated heterocycles. The SMILES string of the molecule is COc1ccc(CN(C)CCCCCO)cc1C. The fourth-order valence-corrected chi connectivity index (χ4v) is 2.10. The molecule has 1 aromatic carbocycles. The van der Waals surface area contributed by atoms with E-state index in [9.17, 15) is 0 Å². The Morgan fingerprint density at radius 3 is 2.61 bits per heavy atom. The number of aliphatic hydroxyl groups is 1. The lowest BCUT2D eigenvalue weighted by atomic mass is 10.1. The van der Waals surface area contributed by atoms with E-state index in [1.165, 1.54) is 11.1 Å². The molecule has 18 heavy (non-hydrogen) atoms. The minimum Gasteiger partial charge on any atom is -0.496 e. The third kappa shape index (κ3) is 5.07. The van der Waals surface area contributed by atoms with E-state index in [0.717, 1.165) is 38.1 Å². The maximum atomic E-state index is 8.72. The first-order valence-electron chi connectivity index (χ1n) is 6.60. The Bertz CT molecular complexity index is 352. The third-order valence-electron chi connectivity index (χ3n) is 3.11. The predicted molar refractivity (Wildman–Crippen MR) is 75.0 cm³/mol. The number of nitrogens with zero attached hydrogens (tertiary/aromatic N) is 1. The Morgan fingerprint density at radius 1 is 1.22 bits per heavy atom. The molecule has 1 aromatic rings. The highest BCUT2D eigenvalue weighted by Crippen LogP contribution is 2.19. The number of methoxy groups -OCH3 is 1. The summed E-state index contributed by atoms with van der Waals surface area (Å²) in [6, 6.07) is 6.34. The zero-order chi connectivity index (χ0) is 13.4. The minimum atomic E-state index is 0.307. The van der Waals surface area contributed by atoms with Crippen molar-refractivity contribution in [2.45, 2.75) is 32.7 Å². The summed E-state index contributed by atoms with van der Waals surface area (Å²) in [7, 11) is 3.84. The molecule has 3 heteroatoms. The van der Waals surface area contributed by atoms with Gasteiger partial charge in [-0.2, -0.15) is 0 Å². The number of unbranched alkanes of at least 4 members (excludes halogenated alkanes) is 2. The first kappa shape index (κ1) is 15.0. The summed E-state index contributed by atoms with van der Waals surface area (Å²) in [5, 5.41) is 8.72. The third-order valence-corrected chi connectivity index (χ3v) is 3.11. The van der Waals surface area contributed by atoms with Gasteiger partial charge in [-0.25, -0.2) is 0 Å². The first-order chi connectivity index (χ1) is 8.67. The molecule has 0 atom stereocenters. The molecule has 3 nitrogen and oxygen atoms in total. The van der Waals surface area contributed by atoms with Crippen LogP contribution in [0.1, 0.15) is 30.4 Å². The van der Waals surface area contributed by atoms with Gasteiger partial charge in [0.1, 0.15) is 5.75 Å². The standard InChI is InChI=1S/C15H25NO2/c1-13-11-14(7-8-15(13)18-3)12-16(2)9-5-4-6-10-17/h7-8,11,17H,4-6,9-10,12H2,1-3H3. The van der Waals surface area contributed by atoms with Crippen molar-refractivity contribution in [3.05, 3.63) is 29.3 Å². The van der Waals surface area contributed by atoms with Gasteiger partial charge in [0.05, 0.1) is 7.11 Å². The number of benzene rings is 1. The lowest BCUT2D eigenvalue weighted by Crippen LogP contribution is -2.19. The van der Waals surface area contributed by atoms with Gasteiger partial charge in [0, 0.05) is 13.2 Å². The molecular formula is C15H25NO2. The zero-order valence-electron chi connectivity index (χ0n) is 11.8. The van der Waals surface area contributed by atoms with Gasteiger partial charge < -0.3 is 14.7 Å². The number of rotatable bonds is 8. The summed E-state index contributed by atoms with van der Waals surface area (Å²) in [5.41, 5.74) is 2.50. The van der Waals surface area contributed by atoms with E-state index in [-0.39, 0.29) is 0 Å².